The van der Waals surface area contributed by atoms with Gasteiger partial charge < -0.3 is 14.3 Å². The van der Waals surface area contributed by atoms with E-state index in [1.807, 2.05) is 36.4 Å². The quantitative estimate of drug-likeness (QED) is 0.738. The van der Waals surface area contributed by atoms with Crippen molar-refractivity contribution in [3.8, 4) is 5.75 Å². The van der Waals surface area contributed by atoms with Gasteiger partial charge in [0.15, 0.2) is 5.43 Å². The molecule has 1 N–H and O–H groups in total. The van der Waals surface area contributed by atoms with Crippen LogP contribution in [-0.2, 0) is 11.2 Å². The molecule has 1 aliphatic rings. The van der Waals surface area contributed by atoms with E-state index in [4.69, 9.17) is 14.3 Å². The molecule has 0 atom stereocenters. The Morgan fingerprint density at radius 3 is 2.74 bits per heavy atom. The van der Waals surface area contributed by atoms with Crippen molar-refractivity contribution in [3.63, 3.8) is 0 Å². The summed E-state index contributed by atoms with van der Waals surface area (Å²) in [5, 5.41) is 9.22. The molecule has 0 amide bonds. The summed E-state index contributed by atoms with van der Waals surface area (Å²) in [7, 11) is 0. The molecule has 0 bridgehead atoms. The monoisotopic (exact) mass is 362 g/mol. The molecule has 0 saturated carbocycles. The predicted octanol–water partition coefficient (Wildman–Crippen LogP) is 4.13. The van der Waals surface area contributed by atoms with Gasteiger partial charge in [0.2, 0.25) is 0 Å². The molecule has 1 heterocycles. The summed E-state index contributed by atoms with van der Waals surface area (Å²) < 4.78 is 11.5. The van der Waals surface area contributed by atoms with Gasteiger partial charge in [-0.3, -0.25) is 9.59 Å². The lowest BCUT2D eigenvalue weighted by atomic mass is 10.1. The summed E-state index contributed by atoms with van der Waals surface area (Å²) in [5.41, 5.74) is 3.22. The lowest BCUT2D eigenvalue weighted by Crippen LogP contribution is -2.09. The lowest BCUT2D eigenvalue weighted by Gasteiger charge is -2.07. The molecule has 3 aromatic rings. The van der Waals surface area contributed by atoms with Crippen LogP contribution in [-0.4, -0.2) is 17.7 Å². The fourth-order valence-corrected chi connectivity index (χ4v) is 3.31. The van der Waals surface area contributed by atoms with Crippen molar-refractivity contribution in [2.75, 3.05) is 6.61 Å². The van der Waals surface area contributed by atoms with Gasteiger partial charge in [0.05, 0.1) is 18.4 Å². The normalized spacial score (nSPS) is 14.4. The van der Waals surface area contributed by atoms with Gasteiger partial charge >= 0.3 is 5.97 Å². The molecule has 4 rings (SSSR count). The van der Waals surface area contributed by atoms with Crippen LogP contribution in [0.3, 0.4) is 0 Å². The number of hydrogen-bond acceptors (Lipinski definition) is 4. The van der Waals surface area contributed by atoms with Crippen molar-refractivity contribution in [2.24, 2.45) is 0 Å². The molecule has 0 spiro atoms. The van der Waals surface area contributed by atoms with Crippen LogP contribution < -0.4 is 10.2 Å². The molecule has 5 nitrogen and oxygen atoms in total. The largest absolute Gasteiger partial charge is 0.493 e. The van der Waals surface area contributed by atoms with Crippen LogP contribution in [0, 0.1) is 0 Å². The summed E-state index contributed by atoms with van der Waals surface area (Å²) in [6, 6.07) is 14.9. The minimum Gasteiger partial charge on any atom is -0.493 e. The van der Waals surface area contributed by atoms with Crippen molar-refractivity contribution in [2.45, 2.75) is 19.3 Å². The number of aliphatic carboxylic acids is 1. The average molecular weight is 362 g/mol. The van der Waals surface area contributed by atoms with E-state index in [0.717, 1.165) is 17.6 Å². The number of carboxylic acids is 1. The van der Waals surface area contributed by atoms with Gasteiger partial charge in [-0.25, -0.2) is 0 Å². The Morgan fingerprint density at radius 1 is 1.15 bits per heavy atom. The van der Waals surface area contributed by atoms with Gasteiger partial charge in [-0.15, -0.1) is 0 Å². The van der Waals surface area contributed by atoms with Crippen molar-refractivity contribution < 1.29 is 19.1 Å². The average Bonchev–Trinajstić information content (AvgIpc) is 3.05. The summed E-state index contributed by atoms with van der Waals surface area (Å²) in [6.07, 6.45) is 3.40. The Morgan fingerprint density at radius 2 is 1.96 bits per heavy atom. The Labute approximate surface area is 155 Å². The Bertz CT molecular complexity index is 1090. The van der Waals surface area contributed by atoms with Crippen LogP contribution in [0.4, 0.5) is 0 Å². The van der Waals surface area contributed by atoms with Crippen LogP contribution in [0.2, 0.25) is 0 Å². The molecule has 27 heavy (non-hydrogen) atoms. The maximum Gasteiger partial charge on any atom is 0.306 e. The summed E-state index contributed by atoms with van der Waals surface area (Å²) in [6.45, 7) is 0.0647. The third kappa shape index (κ3) is 3.49. The number of ether oxygens (including phenoxy) is 1. The number of hydrogen-bond donors (Lipinski definition) is 1. The highest BCUT2D eigenvalue weighted by Gasteiger charge is 2.24. The molecular formula is C22H18O5. The lowest BCUT2D eigenvalue weighted by molar-refractivity contribution is -0.137. The topological polar surface area (TPSA) is 76.7 Å². The standard InChI is InChI=1S/C22H18O5/c23-20(24)10-11-26-16-7-9-17-19(13-16)27-22-15(6-8-18(22)21(17)25)12-14-4-2-1-3-5-14/h1-5,7,9,12-13H,6,8,10-11H2,(H,23,24). The fourth-order valence-electron chi connectivity index (χ4n) is 3.31. The first-order valence-corrected chi connectivity index (χ1v) is 8.82. The number of fused-ring (bicyclic) bond motifs is 2. The smallest absolute Gasteiger partial charge is 0.306 e. The SMILES string of the molecule is O=C(O)CCOc1ccc2c(=O)c3c(oc2c1)C(=Cc1ccccc1)CC3. The highest BCUT2D eigenvalue weighted by Crippen LogP contribution is 2.34. The zero-order chi connectivity index (χ0) is 18.8. The number of carboxylic acid groups (broad SMARTS) is 1. The molecule has 2 aromatic carbocycles. The minimum atomic E-state index is -0.921. The van der Waals surface area contributed by atoms with Gasteiger partial charge in [-0.2, -0.15) is 0 Å². The van der Waals surface area contributed by atoms with E-state index in [1.165, 1.54) is 0 Å². The second kappa shape index (κ2) is 7.11. The molecular weight excluding hydrogens is 344 g/mol. The third-order valence-electron chi connectivity index (χ3n) is 4.62. The van der Waals surface area contributed by atoms with Gasteiger partial charge in [0.1, 0.15) is 17.1 Å². The van der Waals surface area contributed by atoms with E-state index in [1.54, 1.807) is 18.2 Å². The van der Waals surface area contributed by atoms with E-state index in [-0.39, 0.29) is 18.5 Å². The highest BCUT2D eigenvalue weighted by molar-refractivity contribution is 5.87. The molecule has 0 unspecified atom stereocenters. The van der Waals surface area contributed by atoms with E-state index >= 15 is 0 Å². The molecule has 0 radical (unpaired) electrons. The second-order valence-corrected chi connectivity index (χ2v) is 6.47. The fraction of sp³-hybridized carbons (Fsp3) is 0.182. The maximum absolute atomic E-state index is 12.8. The van der Waals surface area contributed by atoms with E-state index in [0.29, 0.717) is 34.5 Å². The van der Waals surface area contributed by atoms with Crippen LogP contribution in [0.5, 0.6) is 5.75 Å². The first kappa shape index (κ1) is 17.1. The molecule has 0 saturated heterocycles. The van der Waals surface area contributed by atoms with Crippen LogP contribution >= 0.6 is 0 Å². The molecule has 0 fully saturated rings. The number of carbonyl (C=O) groups is 1. The molecule has 1 aromatic heterocycles. The van der Waals surface area contributed by atoms with Crippen molar-refractivity contribution in [3.05, 3.63) is 75.6 Å². The minimum absolute atomic E-state index is 0.0141. The van der Waals surface area contributed by atoms with Gasteiger partial charge in [0, 0.05) is 11.6 Å². The maximum atomic E-state index is 12.8. The Kier molecular flexibility index (Phi) is 4.50. The van der Waals surface area contributed by atoms with Crippen molar-refractivity contribution >= 4 is 28.6 Å². The number of rotatable bonds is 5. The third-order valence-corrected chi connectivity index (χ3v) is 4.62. The van der Waals surface area contributed by atoms with Gasteiger partial charge in [-0.1, -0.05) is 30.3 Å². The zero-order valence-corrected chi connectivity index (χ0v) is 14.6. The summed E-state index contributed by atoms with van der Waals surface area (Å²) in [5.74, 6) is 0.202. The van der Waals surface area contributed by atoms with Crippen LogP contribution in [0.15, 0.2) is 57.7 Å². The van der Waals surface area contributed by atoms with E-state index < -0.39 is 5.97 Å². The zero-order valence-electron chi connectivity index (χ0n) is 14.6. The Hall–Kier alpha value is -3.34. The highest BCUT2D eigenvalue weighted by atomic mass is 16.5. The van der Waals surface area contributed by atoms with E-state index in [9.17, 15) is 9.59 Å². The molecule has 0 aliphatic heterocycles. The second-order valence-electron chi connectivity index (χ2n) is 6.47. The summed E-state index contributed by atoms with van der Waals surface area (Å²) >= 11 is 0. The van der Waals surface area contributed by atoms with Crippen LogP contribution in [0.25, 0.3) is 22.6 Å². The van der Waals surface area contributed by atoms with Gasteiger partial charge in [0.25, 0.3) is 0 Å². The summed E-state index contributed by atoms with van der Waals surface area (Å²) in [4.78, 5) is 23.4. The predicted molar refractivity (Wildman–Crippen MR) is 103 cm³/mol. The van der Waals surface area contributed by atoms with Gasteiger partial charge in [-0.05, 0) is 42.2 Å². The molecule has 5 heteroatoms. The first-order valence-electron chi connectivity index (χ1n) is 8.82. The van der Waals surface area contributed by atoms with Crippen LogP contribution in [0.1, 0.15) is 29.7 Å². The number of benzene rings is 2. The molecule has 136 valence electrons. The van der Waals surface area contributed by atoms with Crippen molar-refractivity contribution in [1.82, 2.24) is 0 Å². The first-order chi connectivity index (χ1) is 13.1. The van der Waals surface area contributed by atoms with Crippen molar-refractivity contribution in [1.29, 1.82) is 0 Å². The molecule has 1 aliphatic carbocycles. The van der Waals surface area contributed by atoms with E-state index in [2.05, 4.69) is 0 Å². The number of allylic oxidation sites excluding steroid dienone is 1. The Balaban J connectivity index is 1.72.